The molecule has 0 heterocycles. The fraction of sp³-hybridized carbons (Fsp3) is 0.684. The van der Waals surface area contributed by atoms with Gasteiger partial charge in [0, 0.05) is 0 Å². The van der Waals surface area contributed by atoms with Gasteiger partial charge in [-0.3, -0.25) is 0 Å². The molecule has 6 heteroatoms. The van der Waals surface area contributed by atoms with Crippen molar-refractivity contribution in [3.63, 3.8) is 0 Å². The van der Waals surface area contributed by atoms with E-state index in [9.17, 15) is 19.8 Å². The van der Waals surface area contributed by atoms with Crippen molar-refractivity contribution in [3.8, 4) is 0 Å². The fourth-order valence-electron chi connectivity index (χ4n) is 3.05. The van der Waals surface area contributed by atoms with Crippen molar-refractivity contribution < 1.29 is 24.9 Å². The van der Waals surface area contributed by atoms with E-state index in [0.29, 0.717) is 11.1 Å². The molecule has 1 rings (SSSR count). The van der Waals surface area contributed by atoms with E-state index in [1.807, 2.05) is 60.6 Å². The van der Waals surface area contributed by atoms with Gasteiger partial charge in [0.2, 0.25) is 0 Å². The SMILES string of the molecule is Cc1cc(C(C)(C)C)c(P(O)(O)(O)C(O)CCCO)c(C(C)(C)C)c1. The molecule has 0 fully saturated rings. The minimum absolute atomic E-state index is 0.0574. The summed E-state index contributed by atoms with van der Waals surface area (Å²) in [4.78, 5) is 33.1. The molecule has 25 heavy (non-hydrogen) atoms. The third-order valence-electron chi connectivity index (χ3n) is 4.47. The number of rotatable bonds is 5. The molecule has 0 bridgehead atoms. The molecule has 1 unspecified atom stereocenters. The van der Waals surface area contributed by atoms with E-state index in [0.717, 1.165) is 5.56 Å². The summed E-state index contributed by atoms with van der Waals surface area (Å²) >= 11 is 0. The molecule has 0 saturated heterocycles. The zero-order chi connectivity index (χ0) is 19.9. The third-order valence-corrected chi connectivity index (χ3v) is 7.16. The van der Waals surface area contributed by atoms with Gasteiger partial charge in [0.25, 0.3) is 0 Å². The topological polar surface area (TPSA) is 101 Å². The van der Waals surface area contributed by atoms with Gasteiger partial charge < -0.3 is 0 Å². The van der Waals surface area contributed by atoms with Crippen molar-refractivity contribution in [2.45, 2.75) is 78.0 Å². The number of aryl methyl sites for hydroxylation is 1. The molecule has 0 aliphatic rings. The molecule has 0 aliphatic heterocycles. The Morgan fingerprint density at radius 2 is 1.32 bits per heavy atom. The quantitative estimate of drug-likeness (QED) is 0.510. The predicted octanol–water partition coefficient (Wildman–Crippen LogP) is 2.58. The van der Waals surface area contributed by atoms with Crippen molar-refractivity contribution in [1.29, 1.82) is 0 Å². The Bertz CT molecular complexity index is 582. The Hall–Kier alpha value is -0.550. The van der Waals surface area contributed by atoms with E-state index in [-0.39, 0.29) is 24.8 Å². The van der Waals surface area contributed by atoms with E-state index < -0.39 is 24.0 Å². The molecule has 0 aliphatic carbocycles. The molecule has 1 aromatic rings. The van der Waals surface area contributed by atoms with Gasteiger partial charge >= 0.3 is 151 Å². The first-order valence-corrected chi connectivity index (χ1v) is 10.9. The van der Waals surface area contributed by atoms with E-state index in [1.54, 1.807) is 0 Å². The summed E-state index contributed by atoms with van der Waals surface area (Å²) < 4.78 is 0. The van der Waals surface area contributed by atoms with Crippen LogP contribution >= 0.6 is 7.28 Å². The Morgan fingerprint density at radius 3 is 1.64 bits per heavy atom. The number of hydrogen-bond donors (Lipinski definition) is 5. The standard InChI is InChI=1S/C19H35O5P/c1-13-11-14(18(2,3)4)17(15(12-13)19(5,6)7)25(22,23,24)16(21)9-8-10-20/h11-12,16,20-24H,8-10H2,1-7H3. The second-order valence-corrected chi connectivity index (χ2v) is 12.2. The summed E-state index contributed by atoms with van der Waals surface area (Å²) in [7, 11) is -5.60. The Morgan fingerprint density at radius 1 is 0.920 bits per heavy atom. The number of hydrogen-bond acceptors (Lipinski definition) is 5. The van der Waals surface area contributed by atoms with E-state index in [1.165, 1.54) is 0 Å². The molecule has 0 radical (unpaired) electrons. The molecule has 1 atom stereocenters. The van der Waals surface area contributed by atoms with Gasteiger partial charge in [-0.1, -0.05) is 0 Å². The molecule has 5 N–H and O–H groups in total. The molecule has 5 nitrogen and oxygen atoms in total. The second kappa shape index (κ2) is 6.88. The average Bonchev–Trinajstić information content (AvgIpc) is 2.41. The van der Waals surface area contributed by atoms with Gasteiger partial charge in [0.05, 0.1) is 0 Å². The molecular weight excluding hydrogens is 339 g/mol. The van der Waals surface area contributed by atoms with Crippen LogP contribution in [0.25, 0.3) is 0 Å². The molecule has 1 aromatic carbocycles. The first-order chi connectivity index (χ1) is 11.0. The number of aliphatic hydroxyl groups excluding tert-OH is 2. The van der Waals surface area contributed by atoms with Crippen LogP contribution in [-0.2, 0) is 10.8 Å². The molecule has 0 aromatic heterocycles. The van der Waals surface area contributed by atoms with Gasteiger partial charge in [-0.2, -0.15) is 0 Å². The zero-order valence-electron chi connectivity index (χ0n) is 16.5. The molecule has 146 valence electrons. The van der Waals surface area contributed by atoms with Gasteiger partial charge in [0.1, 0.15) is 0 Å². The van der Waals surface area contributed by atoms with Gasteiger partial charge in [-0.05, 0) is 0 Å². The first kappa shape index (κ1) is 22.5. The predicted molar refractivity (Wildman–Crippen MR) is 104 cm³/mol. The average molecular weight is 374 g/mol. The van der Waals surface area contributed by atoms with Crippen LogP contribution in [0.1, 0.15) is 71.1 Å². The summed E-state index contributed by atoms with van der Waals surface area (Å²) in [6, 6.07) is 3.68. The Balaban J connectivity index is 3.87. The van der Waals surface area contributed by atoms with Crippen LogP contribution in [0.4, 0.5) is 0 Å². The van der Waals surface area contributed by atoms with Crippen LogP contribution < -0.4 is 5.30 Å². The fourth-order valence-corrected chi connectivity index (χ4v) is 5.73. The Labute approximate surface area is 151 Å². The van der Waals surface area contributed by atoms with Crippen molar-refractivity contribution >= 4 is 12.6 Å². The van der Waals surface area contributed by atoms with Gasteiger partial charge in [0.15, 0.2) is 0 Å². The van der Waals surface area contributed by atoms with E-state index in [2.05, 4.69) is 0 Å². The van der Waals surface area contributed by atoms with Crippen LogP contribution in [0.15, 0.2) is 12.1 Å². The van der Waals surface area contributed by atoms with Crippen LogP contribution in [0, 0.1) is 6.92 Å². The van der Waals surface area contributed by atoms with Crippen molar-refractivity contribution in [3.05, 3.63) is 28.8 Å². The second-order valence-electron chi connectivity index (χ2n) is 9.10. The maximum absolute atomic E-state index is 11.0. The molecule has 0 saturated carbocycles. The van der Waals surface area contributed by atoms with Crippen molar-refractivity contribution in [2.75, 3.05) is 6.61 Å². The Kier molecular flexibility index (Phi) is 6.19. The first-order valence-electron chi connectivity index (χ1n) is 8.72. The number of aliphatic hydroxyl groups is 2. The summed E-state index contributed by atoms with van der Waals surface area (Å²) in [5.74, 6) is -1.73. The normalized spacial score (nSPS) is 16.4. The summed E-state index contributed by atoms with van der Waals surface area (Å²) in [6.07, 6.45) is 0.0706. The number of benzene rings is 1. The van der Waals surface area contributed by atoms with E-state index in [4.69, 9.17) is 5.11 Å². The summed E-state index contributed by atoms with van der Waals surface area (Å²) in [5, 5.41) is 19.5. The van der Waals surface area contributed by atoms with Gasteiger partial charge in [-0.25, -0.2) is 0 Å². The molecular formula is C19H35O5P. The van der Waals surface area contributed by atoms with Crippen LogP contribution in [0.3, 0.4) is 0 Å². The third kappa shape index (κ3) is 4.79. The zero-order valence-corrected chi connectivity index (χ0v) is 17.4. The summed E-state index contributed by atoms with van der Waals surface area (Å²) in [6.45, 7) is 13.3. The minimum atomic E-state index is -5.60. The molecule has 0 amide bonds. The van der Waals surface area contributed by atoms with Crippen LogP contribution in [0.5, 0.6) is 0 Å². The van der Waals surface area contributed by atoms with Crippen molar-refractivity contribution in [1.82, 2.24) is 0 Å². The van der Waals surface area contributed by atoms with Crippen molar-refractivity contribution in [2.24, 2.45) is 0 Å². The van der Waals surface area contributed by atoms with E-state index >= 15 is 0 Å². The maximum atomic E-state index is 11.0. The van der Waals surface area contributed by atoms with Gasteiger partial charge in [-0.15, -0.1) is 0 Å². The van der Waals surface area contributed by atoms with Crippen LogP contribution in [-0.4, -0.2) is 37.3 Å². The van der Waals surface area contributed by atoms with Crippen LogP contribution in [0.2, 0.25) is 0 Å². The monoisotopic (exact) mass is 374 g/mol. The molecule has 0 spiro atoms. The summed E-state index contributed by atoms with van der Waals surface area (Å²) in [5.41, 5.74) is 1.26.